The first-order valence-electron chi connectivity index (χ1n) is 8.61. The Balaban J connectivity index is 2.17. The molecule has 136 valence electrons. The van der Waals surface area contributed by atoms with Crippen LogP contribution in [0.15, 0.2) is 24.3 Å². The lowest BCUT2D eigenvalue weighted by Crippen LogP contribution is -2.47. The van der Waals surface area contributed by atoms with Gasteiger partial charge in [-0.15, -0.1) is 0 Å². The fourth-order valence-electron chi connectivity index (χ4n) is 3.06. The molecule has 0 aliphatic carbocycles. The smallest absolute Gasteiger partial charge is 0.279 e. The first-order valence-corrected chi connectivity index (χ1v) is 10.0. The van der Waals surface area contributed by atoms with Crippen LogP contribution in [0.4, 0.5) is 0 Å². The molecule has 1 fully saturated rings. The zero-order valence-electron chi connectivity index (χ0n) is 14.9. The zero-order valence-corrected chi connectivity index (χ0v) is 15.7. The largest absolute Gasteiger partial charge is 0.379 e. The molecule has 6 nitrogen and oxygen atoms in total. The third-order valence-corrected chi connectivity index (χ3v) is 6.15. The molecular weight excluding hydrogens is 326 g/mol. The fourth-order valence-corrected chi connectivity index (χ4v) is 4.29. The standard InChI is InChI=1S/C17H29N3O3S/c1-4-20(5-2)24(21,22)18-14-17(19-9-11-23-12-10-19)16-8-6-7-15(3)13-16/h6-8,13,17-18H,4-5,9-12,14H2,1-3H3/t17-/m0/s1. The molecule has 0 amide bonds. The maximum atomic E-state index is 12.4. The van der Waals surface area contributed by atoms with Gasteiger partial charge >= 0.3 is 0 Å². The Morgan fingerprint density at radius 2 is 1.92 bits per heavy atom. The van der Waals surface area contributed by atoms with Gasteiger partial charge in [0.25, 0.3) is 10.2 Å². The molecule has 7 heteroatoms. The van der Waals surface area contributed by atoms with E-state index in [4.69, 9.17) is 4.74 Å². The SMILES string of the molecule is CCN(CC)S(=O)(=O)NC[C@@H](c1cccc(C)c1)N1CCOCC1. The molecule has 0 radical (unpaired) electrons. The van der Waals surface area contributed by atoms with Gasteiger partial charge in [0.2, 0.25) is 0 Å². The molecule has 24 heavy (non-hydrogen) atoms. The van der Waals surface area contributed by atoms with E-state index in [1.165, 1.54) is 9.87 Å². The van der Waals surface area contributed by atoms with Crippen molar-refractivity contribution in [1.82, 2.24) is 13.9 Å². The summed E-state index contributed by atoms with van der Waals surface area (Å²) in [5.74, 6) is 0. The molecule has 1 saturated heterocycles. The number of aryl methyl sites for hydroxylation is 1. The van der Waals surface area contributed by atoms with Crippen LogP contribution in [0.1, 0.15) is 31.0 Å². The van der Waals surface area contributed by atoms with E-state index in [-0.39, 0.29) is 6.04 Å². The summed E-state index contributed by atoms with van der Waals surface area (Å²) in [6.45, 7) is 10.1. The van der Waals surface area contributed by atoms with Crippen LogP contribution in [0.3, 0.4) is 0 Å². The van der Waals surface area contributed by atoms with E-state index < -0.39 is 10.2 Å². The molecular formula is C17H29N3O3S. The molecule has 0 unspecified atom stereocenters. The highest BCUT2D eigenvalue weighted by Crippen LogP contribution is 2.22. The summed E-state index contributed by atoms with van der Waals surface area (Å²) in [6, 6.07) is 8.29. The summed E-state index contributed by atoms with van der Waals surface area (Å²) in [5.41, 5.74) is 2.32. The van der Waals surface area contributed by atoms with Gasteiger partial charge in [0.1, 0.15) is 0 Å². The Bertz CT molecular complexity index is 611. The second-order valence-electron chi connectivity index (χ2n) is 6.02. The van der Waals surface area contributed by atoms with Crippen LogP contribution in [0.2, 0.25) is 0 Å². The van der Waals surface area contributed by atoms with Crippen LogP contribution in [-0.4, -0.2) is 63.6 Å². The second-order valence-corrected chi connectivity index (χ2v) is 7.77. The Morgan fingerprint density at radius 3 is 2.50 bits per heavy atom. The lowest BCUT2D eigenvalue weighted by atomic mass is 10.0. The van der Waals surface area contributed by atoms with Gasteiger partial charge in [0.05, 0.1) is 13.2 Å². The molecule has 1 aromatic rings. The number of rotatable bonds is 8. The first-order chi connectivity index (χ1) is 11.5. The summed E-state index contributed by atoms with van der Waals surface area (Å²) >= 11 is 0. The van der Waals surface area contributed by atoms with Crippen molar-refractivity contribution in [3.05, 3.63) is 35.4 Å². The second kappa shape index (κ2) is 8.92. The van der Waals surface area contributed by atoms with Crippen molar-refractivity contribution in [2.24, 2.45) is 0 Å². The third kappa shape index (κ3) is 5.00. The van der Waals surface area contributed by atoms with Crippen molar-refractivity contribution in [1.29, 1.82) is 0 Å². The average molecular weight is 356 g/mol. The molecule has 1 N–H and O–H groups in total. The van der Waals surface area contributed by atoms with Gasteiger partial charge < -0.3 is 4.74 Å². The highest BCUT2D eigenvalue weighted by molar-refractivity contribution is 7.87. The molecule has 0 spiro atoms. The topological polar surface area (TPSA) is 61.9 Å². The zero-order chi connectivity index (χ0) is 17.6. The minimum atomic E-state index is -3.45. The highest BCUT2D eigenvalue weighted by Gasteiger charge is 2.26. The third-order valence-electron chi connectivity index (χ3n) is 4.42. The van der Waals surface area contributed by atoms with Crippen LogP contribution < -0.4 is 4.72 Å². The van der Waals surface area contributed by atoms with Gasteiger partial charge in [0.15, 0.2) is 0 Å². The van der Waals surface area contributed by atoms with Crippen LogP contribution in [-0.2, 0) is 14.9 Å². The predicted octanol–water partition coefficient (Wildman–Crippen LogP) is 1.54. The lowest BCUT2D eigenvalue weighted by molar-refractivity contribution is 0.0171. The summed E-state index contributed by atoms with van der Waals surface area (Å²) in [4.78, 5) is 2.29. The quantitative estimate of drug-likeness (QED) is 0.768. The number of hydrogen-bond donors (Lipinski definition) is 1. The highest BCUT2D eigenvalue weighted by atomic mass is 32.2. The molecule has 2 rings (SSSR count). The maximum absolute atomic E-state index is 12.4. The molecule has 0 saturated carbocycles. The van der Waals surface area contributed by atoms with E-state index in [2.05, 4.69) is 34.7 Å². The molecule has 1 heterocycles. The Kier molecular flexibility index (Phi) is 7.18. The van der Waals surface area contributed by atoms with Crippen molar-refractivity contribution in [2.75, 3.05) is 45.9 Å². The van der Waals surface area contributed by atoms with Gasteiger partial charge in [-0.05, 0) is 12.5 Å². The number of hydrogen-bond acceptors (Lipinski definition) is 4. The summed E-state index contributed by atoms with van der Waals surface area (Å²) in [5, 5.41) is 0. The maximum Gasteiger partial charge on any atom is 0.279 e. The van der Waals surface area contributed by atoms with Gasteiger partial charge in [-0.3, -0.25) is 4.90 Å². The molecule has 1 aromatic carbocycles. The number of benzene rings is 1. The molecule has 0 aromatic heterocycles. The summed E-state index contributed by atoms with van der Waals surface area (Å²) in [6.07, 6.45) is 0. The van der Waals surface area contributed by atoms with E-state index >= 15 is 0 Å². The van der Waals surface area contributed by atoms with Crippen LogP contribution in [0.25, 0.3) is 0 Å². The Hall–Kier alpha value is -0.990. The monoisotopic (exact) mass is 355 g/mol. The lowest BCUT2D eigenvalue weighted by Gasteiger charge is -2.35. The normalized spacial score (nSPS) is 18.0. The van der Waals surface area contributed by atoms with Gasteiger partial charge in [0, 0.05) is 38.8 Å². The van der Waals surface area contributed by atoms with Crippen molar-refractivity contribution in [3.8, 4) is 0 Å². The van der Waals surface area contributed by atoms with Gasteiger partial charge in [-0.25, -0.2) is 4.72 Å². The number of nitrogens with zero attached hydrogens (tertiary/aromatic N) is 2. The number of morpholine rings is 1. The molecule has 1 atom stereocenters. The average Bonchev–Trinajstić information content (AvgIpc) is 2.57. The summed E-state index contributed by atoms with van der Waals surface area (Å²) in [7, 11) is -3.45. The van der Waals surface area contributed by atoms with E-state index in [1.54, 1.807) is 0 Å². The fraction of sp³-hybridized carbons (Fsp3) is 0.647. The molecule has 1 aliphatic heterocycles. The van der Waals surface area contributed by atoms with E-state index in [9.17, 15) is 8.42 Å². The number of nitrogens with one attached hydrogen (secondary N) is 1. The molecule has 0 bridgehead atoms. The summed E-state index contributed by atoms with van der Waals surface area (Å²) < 4.78 is 34.6. The first kappa shape index (κ1) is 19.3. The van der Waals surface area contributed by atoms with Crippen molar-refractivity contribution < 1.29 is 13.2 Å². The minimum Gasteiger partial charge on any atom is -0.379 e. The Morgan fingerprint density at radius 1 is 1.25 bits per heavy atom. The van der Waals surface area contributed by atoms with Crippen molar-refractivity contribution in [3.63, 3.8) is 0 Å². The molecule has 1 aliphatic rings. The van der Waals surface area contributed by atoms with Crippen molar-refractivity contribution >= 4 is 10.2 Å². The van der Waals surface area contributed by atoms with E-state index in [0.717, 1.165) is 18.7 Å². The van der Waals surface area contributed by atoms with Crippen LogP contribution in [0.5, 0.6) is 0 Å². The van der Waals surface area contributed by atoms with Crippen LogP contribution >= 0.6 is 0 Å². The van der Waals surface area contributed by atoms with Crippen molar-refractivity contribution in [2.45, 2.75) is 26.8 Å². The van der Waals surface area contributed by atoms with Gasteiger partial charge in [-0.2, -0.15) is 12.7 Å². The Labute approximate surface area is 146 Å². The number of ether oxygens (including phenoxy) is 1. The van der Waals surface area contributed by atoms with E-state index in [1.807, 2.05) is 19.9 Å². The predicted molar refractivity (Wildman–Crippen MR) is 96.2 cm³/mol. The van der Waals surface area contributed by atoms with Crippen LogP contribution in [0, 0.1) is 6.92 Å². The van der Waals surface area contributed by atoms with E-state index in [0.29, 0.717) is 32.8 Å². The van der Waals surface area contributed by atoms with Gasteiger partial charge in [-0.1, -0.05) is 43.7 Å². The minimum absolute atomic E-state index is 0.0131.